The Morgan fingerprint density at radius 2 is 2.05 bits per heavy atom. The zero-order chi connectivity index (χ0) is 14.1. The van der Waals surface area contributed by atoms with Crippen LogP contribution in [-0.2, 0) is 13.6 Å². The van der Waals surface area contributed by atoms with Crippen molar-refractivity contribution in [3.05, 3.63) is 54.4 Å². The first-order chi connectivity index (χ1) is 9.63. The third-order valence-corrected chi connectivity index (χ3v) is 3.52. The van der Waals surface area contributed by atoms with Gasteiger partial charge in [0, 0.05) is 32.0 Å². The molecule has 0 amide bonds. The smallest absolute Gasteiger partial charge is 0.0955 e. The Balaban J connectivity index is 1.85. The summed E-state index contributed by atoms with van der Waals surface area (Å²) in [6.45, 7) is 0.829. The Kier molecular flexibility index (Phi) is 3.06. The first-order valence-corrected chi connectivity index (χ1v) is 6.60. The van der Waals surface area contributed by atoms with Crippen LogP contribution in [0.15, 0.2) is 48.8 Å². The van der Waals surface area contributed by atoms with Gasteiger partial charge in [0.2, 0.25) is 0 Å². The summed E-state index contributed by atoms with van der Waals surface area (Å²) in [6.07, 6.45) is 1.84. The molecule has 2 N–H and O–H groups in total. The van der Waals surface area contributed by atoms with E-state index in [2.05, 4.69) is 41.2 Å². The van der Waals surface area contributed by atoms with Gasteiger partial charge >= 0.3 is 0 Å². The van der Waals surface area contributed by atoms with Crippen LogP contribution in [0.5, 0.6) is 0 Å². The number of nitrogen functional groups attached to an aromatic ring is 1. The normalized spacial score (nSPS) is 10.9. The van der Waals surface area contributed by atoms with Gasteiger partial charge in [0.15, 0.2) is 0 Å². The molecule has 0 unspecified atom stereocenters. The van der Waals surface area contributed by atoms with Gasteiger partial charge in [-0.15, -0.1) is 0 Å². The highest BCUT2D eigenvalue weighted by molar-refractivity contribution is 5.76. The number of anilines is 2. The molecule has 1 aromatic heterocycles. The van der Waals surface area contributed by atoms with Crippen LogP contribution in [0.4, 0.5) is 11.4 Å². The van der Waals surface area contributed by atoms with E-state index in [4.69, 9.17) is 5.73 Å². The molecular formula is C16H18N4. The van der Waals surface area contributed by atoms with E-state index in [0.29, 0.717) is 0 Å². The predicted molar refractivity (Wildman–Crippen MR) is 83.7 cm³/mol. The van der Waals surface area contributed by atoms with Crippen molar-refractivity contribution in [2.75, 3.05) is 17.7 Å². The van der Waals surface area contributed by atoms with Crippen molar-refractivity contribution >= 4 is 22.4 Å². The van der Waals surface area contributed by atoms with E-state index in [1.165, 1.54) is 5.56 Å². The van der Waals surface area contributed by atoms with Crippen LogP contribution in [0, 0.1) is 0 Å². The second kappa shape index (κ2) is 4.89. The molecule has 0 bridgehead atoms. The number of nitrogens with two attached hydrogens (primary N) is 1. The molecule has 2 aromatic carbocycles. The van der Waals surface area contributed by atoms with Crippen LogP contribution >= 0.6 is 0 Å². The van der Waals surface area contributed by atoms with E-state index < -0.39 is 0 Å². The topological polar surface area (TPSA) is 47.1 Å². The van der Waals surface area contributed by atoms with Crippen molar-refractivity contribution in [3.63, 3.8) is 0 Å². The molecule has 0 radical (unpaired) electrons. The summed E-state index contributed by atoms with van der Waals surface area (Å²) < 4.78 is 2.03. The SMILES string of the molecule is CN(Cc1ccc2c(c1)ncn2C)c1cccc(N)c1. The van der Waals surface area contributed by atoms with Gasteiger partial charge in [-0.3, -0.25) is 0 Å². The summed E-state index contributed by atoms with van der Waals surface area (Å²) in [5.74, 6) is 0. The highest BCUT2D eigenvalue weighted by Crippen LogP contribution is 2.20. The van der Waals surface area contributed by atoms with Crippen molar-refractivity contribution in [2.24, 2.45) is 7.05 Å². The van der Waals surface area contributed by atoms with Crippen molar-refractivity contribution in [1.29, 1.82) is 0 Å². The molecule has 0 spiro atoms. The third kappa shape index (κ3) is 2.32. The zero-order valence-corrected chi connectivity index (χ0v) is 11.7. The maximum atomic E-state index is 5.83. The summed E-state index contributed by atoms with van der Waals surface area (Å²) in [7, 11) is 4.07. The fraction of sp³-hybridized carbons (Fsp3) is 0.188. The molecule has 20 heavy (non-hydrogen) atoms. The summed E-state index contributed by atoms with van der Waals surface area (Å²) in [6, 6.07) is 14.3. The van der Waals surface area contributed by atoms with Gasteiger partial charge in [-0.1, -0.05) is 12.1 Å². The van der Waals surface area contributed by atoms with Crippen LogP contribution in [-0.4, -0.2) is 16.6 Å². The first-order valence-electron chi connectivity index (χ1n) is 6.60. The Bertz CT molecular complexity index is 745. The predicted octanol–water partition coefficient (Wildman–Crippen LogP) is 2.79. The molecule has 4 heteroatoms. The summed E-state index contributed by atoms with van der Waals surface area (Å²) in [5.41, 5.74) is 11.2. The minimum absolute atomic E-state index is 0.787. The molecule has 4 nitrogen and oxygen atoms in total. The summed E-state index contributed by atoms with van der Waals surface area (Å²) in [5, 5.41) is 0. The van der Waals surface area contributed by atoms with E-state index in [-0.39, 0.29) is 0 Å². The van der Waals surface area contributed by atoms with Gasteiger partial charge in [-0.25, -0.2) is 4.98 Å². The lowest BCUT2D eigenvalue weighted by atomic mass is 10.1. The minimum atomic E-state index is 0.787. The summed E-state index contributed by atoms with van der Waals surface area (Å²) in [4.78, 5) is 6.58. The lowest BCUT2D eigenvalue weighted by Gasteiger charge is -2.19. The maximum Gasteiger partial charge on any atom is 0.0955 e. The van der Waals surface area contributed by atoms with Crippen LogP contribution in [0.2, 0.25) is 0 Å². The molecule has 1 heterocycles. The van der Waals surface area contributed by atoms with E-state index in [0.717, 1.165) is 29.0 Å². The number of hydrogen-bond donors (Lipinski definition) is 1. The first kappa shape index (κ1) is 12.5. The monoisotopic (exact) mass is 266 g/mol. The van der Waals surface area contributed by atoms with Crippen LogP contribution < -0.4 is 10.6 Å². The number of aromatic nitrogens is 2. The molecule has 102 valence electrons. The van der Waals surface area contributed by atoms with Gasteiger partial charge in [0.1, 0.15) is 0 Å². The molecule has 0 atom stereocenters. The van der Waals surface area contributed by atoms with Crippen molar-refractivity contribution < 1.29 is 0 Å². The molecular weight excluding hydrogens is 248 g/mol. The van der Waals surface area contributed by atoms with Gasteiger partial charge in [-0.2, -0.15) is 0 Å². The van der Waals surface area contributed by atoms with E-state index >= 15 is 0 Å². The average molecular weight is 266 g/mol. The quantitative estimate of drug-likeness (QED) is 0.741. The van der Waals surface area contributed by atoms with E-state index in [9.17, 15) is 0 Å². The lowest BCUT2D eigenvalue weighted by molar-refractivity contribution is 0.923. The van der Waals surface area contributed by atoms with Crippen LogP contribution in [0.3, 0.4) is 0 Å². The number of hydrogen-bond acceptors (Lipinski definition) is 3. The molecule has 3 aromatic rings. The number of fused-ring (bicyclic) bond motifs is 1. The lowest BCUT2D eigenvalue weighted by Crippen LogP contribution is -2.16. The zero-order valence-electron chi connectivity index (χ0n) is 11.7. The second-order valence-electron chi connectivity index (χ2n) is 5.13. The highest BCUT2D eigenvalue weighted by atomic mass is 15.1. The van der Waals surface area contributed by atoms with E-state index in [1.54, 1.807) is 0 Å². The standard InChI is InChI=1S/C16H18N4/c1-19(14-5-3-4-13(17)9-14)10-12-6-7-16-15(8-12)18-11-20(16)2/h3-9,11H,10,17H2,1-2H3. The highest BCUT2D eigenvalue weighted by Gasteiger charge is 2.05. The fourth-order valence-corrected chi connectivity index (χ4v) is 2.41. The summed E-state index contributed by atoms with van der Waals surface area (Å²) >= 11 is 0. The largest absolute Gasteiger partial charge is 0.399 e. The average Bonchev–Trinajstić information content (AvgIpc) is 2.80. The Hall–Kier alpha value is -2.49. The van der Waals surface area contributed by atoms with Gasteiger partial charge in [0.05, 0.1) is 17.4 Å². The molecule has 3 rings (SSSR count). The maximum absolute atomic E-state index is 5.83. The molecule has 0 fully saturated rings. The Morgan fingerprint density at radius 1 is 1.20 bits per heavy atom. The number of rotatable bonds is 3. The van der Waals surface area contributed by atoms with Crippen molar-refractivity contribution in [1.82, 2.24) is 9.55 Å². The van der Waals surface area contributed by atoms with Crippen molar-refractivity contribution in [3.8, 4) is 0 Å². The van der Waals surface area contributed by atoms with Gasteiger partial charge < -0.3 is 15.2 Å². The molecule has 0 aliphatic rings. The number of nitrogens with zero attached hydrogens (tertiary/aromatic N) is 3. The van der Waals surface area contributed by atoms with Crippen molar-refractivity contribution in [2.45, 2.75) is 6.54 Å². The number of aryl methyl sites for hydroxylation is 1. The molecule has 0 saturated heterocycles. The molecule has 0 saturated carbocycles. The third-order valence-electron chi connectivity index (χ3n) is 3.52. The second-order valence-corrected chi connectivity index (χ2v) is 5.13. The molecule has 0 aliphatic carbocycles. The minimum Gasteiger partial charge on any atom is -0.399 e. The van der Waals surface area contributed by atoms with E-state index in [1.807, 2.05) is 36.1 Å². The van der Waals surface area contributed by atoms with Crippen LogP contribution in [0.25, 0.3) is 11.0 Å². The fourth-order valence-electron chi connectivity index (χ4n) is 2.41. The Labute approximate surface area is 118 Å². The van der Waals surface area contributed by atoms with Gasteiger partial charge in [0.25, 0.3) is 0 Å². The number of imidazole rings is 1. The van der Waals surface area contributed by atoms with Crippen LogP contribution in [0.1, 0.15) is 5.56 Å². The molecule has 0 aliphatic heterocycles. The number of benzene rings is 2. The van der Waals surface area contributed by atoms with Gasteiger partial charge in [-0.05, 0) is 35.9 Å². The Morgan fingerprint density at radius 3 is 2.85 bits per heavy atom.